The third kappa shape index (κ3) is 3.59. The van der Waals surface area contributed by atoms with Crippen LogP contribution in [0.5, 0.6) is 11.6 Å². The van der Waals surface area contributed by atoms with Gasteiger partial charge in [-0.05, 0) is 65.6 Å². The Kier molecular flexibility index (Phi) is 5.04. The molecule has 0 fully saturated rings. The van der Waals surface area contributed by atoms with Crippen molar-refractivity contribution in [1.82, 2.24) is 14.5 Å². The Morgan fingerprint density at radius 3 is 2.41 bits per heavy atom. The second-order valence-corrected chi connectivity index (χ2v) is 8.26. The first-order chi connectivity index (χ1) is 16.8. The molecule has 3 aromatic heterocycles. The lowest BCUT2D eigenvalue weighted by atomic mass is 10.0. The number of nitrogens with zero attached hydrogens (tertiary/aromatic N) is 3. The number of ether oxygens (including phenoxy) is 1. The molecule has 0 aliphatic heterocycles. The van der Waals surface area contributed by atoms with Gasteiger partial charge in [0.2, 0.25) is 5.88 Å². The molecular formula is C30H23N3O. The number of para-hydroxylation sites is 1. The number of fused-ring (bicyclic) bond motifs is 3. The van der Waals surface area contributed by atoms with Crippen LogP contribution in [0.1, 0.15) is 12.5 Å². The van der Waals surface area contributed by atoms with Crippen molar-refractivity contribution >= 4 is 21.8 Å². The van der Waals surface area contributed by atoms with E-state index in [1.807, 2.05) is 48.7 Å². The van der Waals surface area contributed by atoms with Gasteiger partial charge in [0, 0.05) is 29.2 Å². The van der Waals surface area contributed by atoms with Gasteiger partial charge in [-0.1, -0.05) is 55.5 Å². The van der Waals surface area contributed by atoms with Gasteiger partial charge in [0.15, 0.2) is 0 Å². The van der Waals surface area contributed by atoms with Crippen LogP contribution in [0.15, 0.2) is 109 Å². The van der Waals surface area contributed by atoms with Crippen molar-refractivity contribution in [3.8, 4) is 28.6 Å². The molecule has 0 N–H and O–H groups in total. The Bertz CT molecular complexity index is 1620. The maximum Gasteiger partial charge on any atom is 0.219 e. The highest BCUT2D eigenvalue weighted by Gasteiger charge is 2.14. The van der Waals surface area contributed by atoms with Crippen LogP contribution >= 0.6 is 0 Å². The zero-order valence-electron chi connectivity index (χ0n) is 18.8. The van der Waals surface area contributed by atoms with Crippen molar-refractivity contribution in [2.24, 2.45) is 0 Å². The Morgan fingerprint density at radius 1 is 0.676 bits per heavy atom. The molecule has 4 nitrogen and oxygen atoms in total. The summed E-state index contributed by atoms with van der Waals surface area (Å²) in [4.78, 5) is 9.00. The largest absolute Gasteiger partial charge is 0.439 e. The molecule has 34 heavy (non-hydrogen) atoms. The van der Waals surface area contributed by atoms with Crippen LogP contribution in [0.2, 0.25) is 0 Å². The lowest BCUT2D eigenvalue weighted by molar-refractivity contribution is 0.462. The van der Waals surface area contributed by atoms with E-state index < -0.39 is 0 Å². The van der Waals surface area contributed by atoms with E-state index in [9.17, 15) is 0 Å². The molecule has 6 rings (SSSR count). The van der Waals surface area contributed by atoms with Crippen LogP contribution in [0.3, 0.4) is 0 Å². The standard InChI is InChI=1S/C30H23N3O/c1-2-21-15-17-32-30(18-21)34-24-9-7-8-22(19-24)23-13-14-26-25-10-3-4-11-27(25)33(28(26)20-23)29-12-5-6-16-31-29/h3-20H,2H2,1H3. The molecule has 0 aliphatic carbocycles. The van der Waals surface area contributed by atoms with E-state index in [0.29, 0.717) is 5.88 Å². The van der Waals surface area contributed by atoms with Crippen molar-refractivity contribution in [2.45, 2.75) is 13.3 Å². The minimum Gasteiger partial charge on any atom is -0.439 e. The predicted molar refractivity (Wildman–Crippen MR) is 138 cm³/mol. The molecule has 0 unspecified atom stereocenters. The molecule has 3 heterocycles. The highest BCUT2D eigenvalue weighted by Crippen LogP contribution is 2.35. The number of aryl methyl sites for hydroxylation is 1. The van der Waals surface area contributed by atoms with Crippen LogP contribution in [0.25, 0.3) is 38.8 Å². The van der Waals surface area contributed by atoms with E-state index in [1.54, 1.807) is 6.20 Å². The normalized spacial score (nSPS) is 11.2. The lowest BCUT2D eigenvalue weighted by Crippen LogP contribution is -1.96. The number of hydrogen-bond acceptors (Lipinski definition) is 3. The van der Waals surface area contributed by atoms with Gasteiger partial charge in [0.1, 0.15) is 11.6 Å². The maximum atomic E-state index is 6.09. The average molecular weight is 442 g/mol. The Balaban J connectivity index is 1.46. The summed E-state index contributed by atoms with van der Waals surface area (Å²) in [6.45, 7) is 2.13. The van der Waals surface area contributed by atoms with Gasteiger partial charge in [0.05, 0.1) is 11.0 Å². The molecule has 0 atom stereocenters. The average Bonchev–Trinajstić information content (AvgIpc) is 3.23. The topological polar surface area (TPSA) is 39.9 Å². The molecule has 6 aromatic rings. The van der Waals surface area contributed by atoms with Crippen molar-refractivity contribution in [3.05, 3.63) is 115 Å². The minimum atomic E-state index is 0.613. The van der Waals surface area contributed by atoms with Crippen molar-refractivity contribution in [1.29, 1.82) is 0 Å². The number of pyridine rings is 2. The van der Waals surface area contributed by atoms with E-state index in [4.69, 9.17) is 4.74 Å². The first-order valence-electron chi connectivity index (χ1n) is 11.5. The van der Waals surface area contributed by atoms with E-state index in [0.717, 1.165) is 40.1 Å². The van der Waals surface area contributed by atoms with Crippen LogP contribution in [-0.4, -0.2) is 14.5 Å². The third-order valence-corrected chi connectivity index (χ3v) is 6.15. The molecule has 164 valence electrons. The van der Waals surface area contributed by atoms with E-state index in [1.165, 1.54) is 16.3 Å². The van der Waals surface area contributed by atoms with E-state index in [2.05, 4.69) is 76.1 Å². The number of aromatic nitrogens is 3. The van der Waals surface area contributed by atoms with Gasteiger partial charge in [-0.3, -0.25) is 4.57 Å². The third-order valence-electron chi connectivity index (χ3n) is 6.15. The Morgan fingerprint density at radius 2 is 1.53 bits per heavy atom. The SMILES string of the molecule is CCc1ccnc(Oc2cccc(-c3ccc4c5ccccc5n(-c5ccccn5)c4c3)c2)c1. The summed E-state index contributed by atoms with van der Waals surface area (Å²) in [6, 6.07) is 33.3. The summed E-state index contributed by atoms with van der Waals surface area (Å²) in [5.74, 6) is 2.29. The van der Waals surface area contributed by atoms with Gasteiger partial charge in [-0.2, -0.15) is 0 Å². The number of hydrogen-bond donors (Lipinski definition) is 0. The van der Waals surface area contributed by atoms with Crippen molar-refractivity contribution in [2.75, 3.05) is 0 Å². The van der Waals surface area contributed by atoms with Crippen LogP contribution in [0, 0.1) is 0 Å². The summed E-state index contributed by atoms with van der Waals surface area (Å²) >= 11 is 0. The highest BCUT2D eigenvalue weighted by atomic mass is 16.5. The van der Waals surface area contributed by atoms with E-state index in [-0.39, 0.29) is 0 Å². The molecular weight excluding hydrogens is 418 g/mol. The molecule has 0 aliphatic rings. The summed E-state index contributed by atoms with van der Waals surface area (Å²) in [5.41, 5.74) is 5.68. The predicted octanol–water partition coefficient (Wildman–Crippen LogP) is 7.60. The molecule has 4 heteroatoms. The van der Waals surface area contributed by atoms with Gasteiger partial charge in [-0.15, -0.1) is 0 Å². The first-order valence-corrected chi connectivity index (χ1v) is 11.5. The molecule has 0 amide bonds. The minimum absolute atomic E-state index is 0.613. The number of benzene rings is 3. The van der Waals surface area contributed by atoms with Crippen LogP contribution in [0.4, 0.5) is 0 Å². The van der Waals surface area contributed by atoms with Gasteiger partial charge in [-0.25, -0.2) is 9.97 Å². The molecule has 0 saturated heterocycles. The zero-order chi connectivity index (χ0) is 22.9. The number of rotatable bonds is 5. The van der Waals surface area contributed by atoms with E-state index >= 15 is 0 Å². The maximum absolute atomic E-state index is 6.09. The molecule has 0 spiro atoms. The summed E-state index contributed by atoms with van der Waals surface area (Å²) in [7, 11) is 0. The summed E-state index contributed by atoms with van der Waals surface area (Å²) in [5, 5.41) is 2.42. The fraction of sp³-hybridized carbons (Fsp3) is 0.0667. The van der Waals surface area contributed by atoms with Crippen LogP contribution < -0.4 is 4.74 Å². The smallest absolute Gasteiger partial charge is 0.219 e. The first kappa shape index (κ1) is 20.2. The fourth-order valence-electron chi connectivity index (χ4n) is 4.47. The fourth-order valence-corrected chi connectivity index (χ4v) is 4.47. The molecule has 0 saturated carbocycles. The second kappa shape index (κ2) is 8.49. The quantitative estimate of drug-likeness (QED) is 0.277. The molecule has 3 aromatic carbocycles. The Hall–Kier alpha value is -4.44. The summed E-state index contributed by atoms with van der Waals surface area (Å²) in [6.07, 6.45) is 4.58. The zero-order valence-corrected chi connectivity index (χ0v) is 18.8. The summed E-state index contributed by atoms with van der Waals surface area (Å²) < 4.78 is 8.32. The molecule has 0 radical (unpaired) electrons. The van der Waals surface area contributed by atoms with Crippen molar-refractivity contribution in [3.63, 3.8) is 0 Å². The van der Waals surface area contributed by atoms with Crippen molar-refractivity contribution < 1.29 is 4.74 Å². The van der Waals surface area contributed by atoms with Gasteiger partial charge < -0.3 is 4.74 Å². The monoisotopic (exact) mass is 441 g/mol. The highest BCUT2D eigenvalue weighted by molar-refractivity contribution is 6.10. The Labute approximate surface area is 198 Å². The van der Waals surface area contributed by atoms with Crippen LogP contribution in [-0.2, 0) is 6.42 Å². The molecule has 0 bridgehead atoms. The lowest BCUT2D eigenvalue weighted by Gasteiger charge is -2.10. The van der Waals surface area contributed by atoms with Gasteiger partial charge in [0.25, 0.3) is 0 Å². The second-order valence-electron chi connectivity index (χ2n) is 8.26. The van der Waals surface area contributed by atoms with Gasteiger partial charge >= 0.3 is 0 Å².